The van der Waals surface area contributed by atoms with Crippen LogP contribution in [-0.4, -0.2) is 13.6 Å². The molecule has 0 fully saturated rings. The van der Waals surface area contributed by atoms with Crippen LogP contribution in [0, 0.1) is 12.8 Å². The number of aryl methyl sites for hydroxylation is 1. The molecule has 0 radical (unpaired) electrons. The number of hydrogen-bond donors (Lipinski definition) is 1. The highest BCUT2D eigenvalue weighted by Crippen LogP contribution is 2.26. The summed E-state index contributed by atoms with van der Waals surface area (Å²) in [5.74, 6) is 0.691. The second-order valence-corrected chi connectivity index (χ2v) is 6.04. The highest BCUT2D eigenvalue weighted by molar-refractivity contribution is 5.65. The van der Waals surface area contributed by atoms with Crippen LogP contribution in [0.2, 0.25) is 0 Å². The minimum atomic E-state index is 0.691. The maximum atomic E-state index is 3.48. The van der Waals surface area contributed by atoms with Crippen LogP contribution in [0.3, 0.4) is 0 Å². The molecular formula is C19H26N2. The van der Waals surface area contributed by atoms with E-state index in [0.717, 1.165) is 13.1 Å². The van der Waals surface area contributed by atoms with Crippen LogP contribution in [0.5, 0.6) is 0 Å². The highest BCUT2D eigenvalue weighted by atomic mass is 15.1. The third kappa shape index (κ3) is 4.33. The Morgan fingerprint density at radius 1 is 1.00 bits per heavy atom. The Morgan fingerprint density at radius 3 is 2.29 bits per heavy atom. The van der Waals surface area contributed by atoms with Gasteiger partial charge in [-0.25, -0.2) is 0 Å². The molecule has 0 spiro atoms. The molecule has 0 aliphatic carbocycles. The van der Waals surface area contributed by atoms with Gasteiger partial charge in [0.05, 0.1) is 0 Å². The van der Waals surface area contributed by atoms with Crippen molar-refractivity contribution < 1.29 is 0 Å². The summed E-state index contributed by atoms with van der Waals surface area (Å²) in [7, 11) is 2.12. The van der Waals surface area contributed by atoms with Crippen molar-refractivity contribution in [3.8, 4) is 0 Å². The van der Waals surface area contributed by atoms with Crippen LogP contribution in [0.4, 0.5) is 11.4 Å². The van der Waals surface area contributed by atoms with Gasteiger partial charge in [0, 0.05) is 25.0 Å². The normalized spacial score (nSPS) is 10.9. The van der Waals surface area contributed by atoms with E-state index in [9.17, 15) is 0 Å². The first kappa shape index (κ1) is 15.6. The van der Waals surface area contributed by atoms with Gasteiger partial charge in [-0.1, -0.05) is 44.2 Å². The van der Waals surface area contributed by atoms with E-state index < -0.39 is 0 Å². The topological polar surface area (TPSA) is 15.3 Å². The monoisotopic (exact) mass is 282 g/mol. The lowest BCUT2D eigenvalue weighted by atomic mass is 10.1. The first-order valence-corrected chi connectivity index (χ1v) is 7.67. The van der Waals surface area contributed by atoms with Crippen molar-refractivity contribution in [2.75, 3.05) is 18.5 Å². The van der Waals surface area contributed by atoms with E-state index in [4.69, 9.17) is 0 Å². The summed E-state index contributed by atoms with van der Waals surface area (Å²) in [6, 6.07) is 17.3. The predicted molar refractivity (Wildman–Crippen MR) is 92.2 cm³/mol. The van der Waals surface area contributed by atoms with Crippen LogP contribution in [-0.2, 0) is 6.54 Å². The van der Waals surface area contributed by atoms with E-state index in [1.165, 1.54) is 22.5 Å². The Kier molecular flexibility index (Phi) is 5.40. The number of nitrogens with zero attached hydrogens (tertiary/aromatic N) is 1. The van der Waals surface area contributed by atoms with Crippen LogP contribution in [0.1, 0.15) is 25.0 Å². The van der Waals surface area contributed by atoms with E-state index in [2.05, 4.69) is 86.6 Å². The summed E-state index contributed by atoms with van der Waals surface area (Å²) in [6.07, 6.45) is 0. The molecule has 1 N–H and O–H groups in total. The molecule has 112 valence electrons. The molecule has 0 bridgehead atoms. The fourth-order valence-corrected chi connectivity index (χ4v) is 2.42. The van der Waals surface area contributed by atoms with E-state index >= 15 is 0 Å². The molecule has 2 nitrogen and oxygen atoms in total. The van der Waals surface area contributed by atoms with Gasteiger partial charge >= 0.3 is 0 Å². The Bertz CT molecular complexity index is 558. The maximum absolute atomic E-state index is 3.48. The van der Waals surface area contributed by atoms with Crippen molar-refractivity contribution in [2.24, 2.45) is 5.92 Å². The standard InChI is InChI=1S/C19H26N2/c1-15(2)13-20-14-17-9-11-18(12-10-17)21(4)19-8-6-5-7-16(19)3/h5-12,15,20H,13-14H2,1-4H3. The SMILES string of the molecule is Cc1ccccc1N(C)c1ccc(CNCC(C)C)cc1. The average molecular weight is 282 g/mol. The van der Waals surface area contributed by atoms with Crippen molar-refractivity contribution in [3.63, 3.8) is 0 Å². The van der Waals surface area contributed by atoms with Gasteiger partial charge in [-0.3, -0.25) is 0 Å². The first-order chi connectivity index (χ1) is 10.1. The third-order valence-corrected chi connectivity index (χ3v) is 3.68. The molecule has 0 unspecified atom stereocenters. The molecule has 2 aromatic carbocycles. The van der Waals surface area contributed by atoms with Crippen molar-refractivity contribution in [1.29, 1.82) is 0 Å². The van der Waals surface area contributed by atoms with Gasteiger partial charge in [0.1, 0.15) is 0 Å². The number of benzene rings is 2. The minimum absolute atomic E-state index is 0.691. The number of hydrogen-bond acceptors (Lipinski definition) is 2. The molecule has 21 heavy (non-hydrogen) atoms. The molecule has 2 rings (SSSR count). The van der Waals surface area contributed by atoms with Crippen LogP contribution in [0.15, 0.2) is 48.5 Å². The molecule has 0 atom stereocenters. The van der Waals surface area contributed by atoms with E-state index in [1.807, 2.05) is 0 Å². The zero-order valence-corrected chi connectivity index (χ0v) is 13.6. The van der Waals surface area contributed by atoms with Crippen molar-refractivity contribution in [2.45, 2.75) is 27.3 Å². The summed E-state index contributed by atoms with van der Waals surface area (Å²) in [5, 5.41) is 3.48. The van der Waals surface area contributed by atoms with Crippen molar-refractivity contribution in [3.05, 3.63) is 59.7 Å². The Morgan fingerprint density at radius 2 is 1.67 bits per heavy atom. The largest absolute Gasteiger partial charge is 0.344 e. The lowest BCUT2D eigenvalue weighted by molar-refractivity contribution is 0.552. The summed E-state index contributed by atoms with van der Waals surface area (Å²) in [6.45, 7) is 8.61. The second-order valence-electron chi connectivity index (χ2n) is 6.04. The van der Waals surface area contributed by atoms with Crippen molar-refractivity contribution >= 4 is 11.4 Å². The molecule has 2 heteroatoms. The molecule has 0 aliphatic rings. The number of nitrogens with one attached hydrogen (secondary N) is 1. The first-order valence-electron chi connectivity index (χ1n) is 7.67. The average Bonchev–Trinajstić information content (AvgIpc) is 2.47. The van der Waals surface area contributed by atoms with Gasteiger partial charge < -0.3 is 10.2 Å². The maximum Gasteiger partial charge on any atom is 0.0437 e. The third-order valence-electron chi connectivity index (χ3n) is 3.68. The van der Waals surface area contributed by atoms with Gasteiger partial charge in [0.25, 0.3) is 0 Å². The van der Waals surface area contributed by atoms with E-state index in [0.29, 0.717) is 5.92 Å². The quantitative estimate of drug-likeness (QED) is 0.838. The zero-order chi connectivity index (χ0) is 15.2. The molecule has 0 saturated heterocycles. The summed E-state index contributed by atoms with van der Waals surface area (Å²) in [4.78, 5) is 2.24. The minimum Gasteiger partial charge on any atom is -0.344 e. The predicted octanol–water partition coefficient (Wildman–Crippen LogP) is 4.51. The van der Waals surface area contributed by atoms with Gasteiger partial charge in [0.2, 0.25) is 0 Å². The zero-order valence-electron chi connectivity index (χ0n) is 13.6. The molecule has 0 heterocycles. The Labute approximate surface area is 128 Å². The Hall–Kier alpha value is -1.80. The molecule has 2 aromatic rings. The summed E-state index contributed by atoms with van der Waals surface area (Å²) < 4.78 is 0. The van der Waals surface area contributed by atoms with E-state index in [1.54, 1.807) is 0 Å². The lowest BCUT2D eigenvalue weighted by Gasteiger charge is -2.22. The fraction of sp³-hybridized carbons (Fsp3) is 0.368. The Balaban J connectivity index is 2.03. The lowest BCUT2D eigenvalue weighted by Crippen LogP contribution is -2.19. The van der Waals surface area contributed by atoms with Crippen molar-refractivity contribution in [1.82, 2.24) is 5.32 Å². The van der Waals surface area contributed by atoms with E-state index in [-0.39, 0.29) is 0 Å². The van der Waals surface area contributed by atoms with Gasteiger partial charge in [0.15, 0.2) is 0 Å². The van der Waals surface area contributed by atoms with Gasteiger partial charge in [-0.2, -0.15) is 0 Å². The fourth-order valence-electron chi connectivity index (χ4n) is 2.42. The molecule has 0 aromatic heterocycles. The van der Waals surface area contributed by atoms with Gasteiger partial charge in [-0.05, 0) is 48.7 Å². The summed E-state index contributed by atoms with van der Waals surface area (Å²) >= 11 is 0. The van der Waals surface area contributed by atoms with Gasteiger partial charge in [-0.15, -0.1) is 0 Å². The number of para-hydroxylation sites is 1. The number of anilines is 2. The molecule has 0 aliphatic heterocycles. The highest BCUT2D eigenvalue weighted by Gasteiger charge is 2.06. The van der Waals surface area contributed by atoms with Crippen LogP contribution >= 0.6 is 0 Å². The van der Waals surface area contributed by atoms with Crippen LogP contribution in [0.25, 0.3) is 0 Å². The molecule has 0 saturated carbocycles. The second kappa shape index (κ2) is 7.28. The molecular weight excluding hydrogens is 256 g/mol. The number of rotatable bonds is 6. The smallest absolute Gasteiger partial charge is 0.0437 e. The molecule has 0 amide bonds. The summed E-state index contributed by atoms with van der Waals surface area (Å²) in [5.41, 5.74) is 5.10. The van der Waals surface area contributed by atoms with Crippen LogP contribution < -0.4 is 10.2 Å².